The zero-order valence-electron chi connectivity index (χ0n) is 14.3. The molecule has 0 saturated carbocycles. The van der Waals surface area contributed by atoms with Gasteiger partial charge in [0.2, 0.25) is 0 Å². The molecule has 0 spiro atoms. The Morgan fingerprint density at radius 1 is 1.17 bits per heavy atom. The second kappa shape index (κ2) is 8.85. The van der Waals surface area contributed by atoms with Gasteiger partial charge in [0.1, 0.15) is 0 Å². The molecule has 2 aromatic rings. The summed E-state index contributed by atoms with van der Waals surface area (Å²) in [5, 5.41) is 8.87. The van der Waals surface area contributed by atoms with E-state index >= 15 is 0 Å². The number of thiophene rings is 1. The van der Waals surface area contributed by atoms with Crippen LogP contribution in [0.2, 0.25) is 0 Å². The number of benzene rings is 1. The van der Waals surface area contributed by atoms with Gasteiger partial charge >= 0.3 is 0 Å². The average Bonchev–Trinajstić information content (AvgIpc) is 3.14. The monoisotopic (exact) mass is 342 g/mol. The molecule has 1 aliphatic rings. The van der Waals surface area contributed by atoms with Gasteiger partial charge in [-0.15, -0.1) is 11.3 Å². The Morgan fingerprint density at radius 3 is 2.83 bits per heavy atom. The lowest BCUT2D eigenvalue weighted by Crippen LogP contribution is -2.38. The molecular weight excluding hydrogens is 316 g/mol. The van der Waals surface area contributed by atoms with Crippen molar-refractivity contribution in [3.05, 3.63) is 57.8 Å². The summed E-state index contributed by atoms with van der Waals surface area (Å²) in [5.74, 6) is 0.882. The fourth-order valence-electron chi connectivity index (χ4n) is 3.06. The third-order valence-electron chi connectivity index (χ3n) is 4.39. The molecule has 2 heterocycles. The van der Waals surface area contributed by atoms with E-state index in [1.807, 2.05) is 7.05 Å². The fraction of sp³-hybridized carbons (Fsp3) is 0.421. The molecule has 0 aliphatic carbocycles. The second-order valence-electron chi connectivity index (χ2n) is 6.08. The number of hydrogen-bond acceptors (Lipinski definition) is 3. The lowest BCUT2D eigenvalue weighted by atomic mass is 10.00. The van der Waals surface area contributed by atoms with Crippen LogP contribution in [-0.2, 0) is 19.5 Å². The lowest BCUT2D eigenvalue weighted by Gasteiger charge is -2.28. The first-order chi connectivity index (χ1) is 11.8. The Balaban J connectivity index is 1.34. The number of guanidine groups is 1. The quantitative estimate of drug-likeness (QED) is 0.482. The Labute approximate surface area is 148 Å². The van der Waals surface area contributed by atoms with E-state index in [2.05, 4.69) is 62.3 Å². The van der Waals surface area contributed by atoms with Crippen molar-refractivity contribution < 1.29 is 0 Å². The van der Waals surface area contributed by atoms with E-state index in [-0.39, 0.29) is 0 Å². The van der Waals surface area contributed by atoms with Crippen LogP contribution in [0.15, 0.2) is 46.8 Å². The maximum Gasteiger partial charge on any atom is 0.191 e. The second-order valence-corrected chi connectivity index (χ2v) is 7.11. The summed E-state index contributed by atoms with van der Waals surface area (Å²) in [6, 6.07) is 13.0. The minimum atomic E-state index is 0.834. The number of fused-ring (bicyclic) bond motifs is 1. The summed E-state index contributed by atoms with van der Waals surface area (Å²) in [5.41, 5.74) is 3.01. The highest BCUT2D eigenvalue weighted by Gasteiger charge is 2.14. The van der Waals surface area contributed by atoms with Crippen LogP contribution in [0.5, 0.6) is 0 Å². The lowest BCUT2D eigenvalue weighted by molar-refractivity contribution is 0.251. The van der Waals surface area contributed by atoms with Gasteiger partial charge in [-0.1, -0.05) is 30.3 Å². The number of hydrogen-bond donors (Lipinski definition) is 2. The summed E-state index contributed by atoms with van der Waals surface area (Å²) in [7, 11) is 1.82. The van der Waals surface area contributed by atoms with Crippen LogP contribution in [-0.4, -0.2) is 37.5 Å². The molecule has 2 N–H and O–H groups in total. The van der Waals surface area contributed by atoms with Crippen LogP contribution in [0.4, 0.5) is 0 Å². The molecule has 128 valence electrons. The highest BCUT2D eigenvalue weighted by Crippen LogP contribution is 2.18. The molecule has 24 heavy (non-hydrogen) atoms. The fourth-order valence-corrected chi connectivity index (χ4v) is 3.70. The van der Waals surface area contributed by atoms with Gasteiger partial charge < -0.3 is 10.6 Å². The minimum Gasteiger partial charge on any atom is -0.356 e. The zero-order valence-corrected chi connectivity index (χ0v) is 15.1. The molecule has 0 unspecified atom stereocenters. The predicted octanol–water partition coefficient (Wildman–Crippen LogP) is 2.86. The number of rotatable bonds is 6. The van der Waals surface area contributed by atoms with E-state index in [9.17, 15) is 0 Å². The number of nitrogens with one attached hydrogen (secondary N) is 2. The van der Waals surface area contributed by atoms with Crippen molar-refractivity contribution in [2.45, 2.75) is 25.9 Å². The minimum absolute atomic E-state index is 0.834. The van der Waals surface area contributed by atoms with Gasteiger partial charge in [0.15, 0.2) is 5.96 Å². The largest absolute Gasteiger partial charge is 0.356 e. The zero-order chi connectivity index (χ0) is 16.6. The van der Waals surface area contributed by atoms with Crippen molar-refractivity contribution in [1.29, 1.82) is 0 Å². The molecule has 0 radical (unpaired) electrons. The molecule has 1 aromatic heterocycles. The van der Waals surface area contributed by atoms with Gasteiger partial charge in [-0.05, 0) is 35.4 Å². The molecule has 1 aliphatic heterocycles. The van der Waals surface area contributed by atoms with Crippen molar-refractivity contribution in [2.75, 3.05) is 26.7 Å². The average molecular weight is 343 g/mol. The summed E-state index contributed by atoms with van der Waals surface area (Å²) in [6.45, 7) is 5.16. The smallest absolute Gasteiger partial charge is 0.191 e. The van der Waals surface area contributed by atoms with Gasteiger partial charge in [0.05, 0.1) is 6.54 Å². The van der Waals surface area contributed by atoms with Crippen LogP contribution in [0, 0.1) is 0 Å². The predicted molar refractivity (Wildman–Crippen MR) is 103 cm³/mol. The molecule has 5 heteroatoms. The SMILES string of the molecule is CN=C(NCCCN1CCc2ccccc2C1)NCc1cccs1. The molecule has 0 bridgehead atoms. The van der Waals surface area contributed by atoms with E-state index < -0.39 is 0 Å². The Morgan fingerprint density at radius 2 is 2.04 bits per heavy atom. The van der Waals surface area contributed by atoms with Gasteiger partial charge in [-0.2, -0.15) is 0 Å². The number of aliphatic imine (C=N–C) groups is 1. The van der Waals surface area contributed by atoms with Crippen molar-refractivity contribution in [1.82, 2.24) is 15.5 Å². The van der Waals surface area contributed by atoms with Crippen molar-refractivity contribution in [3.8, 4) is 0 Å². The molecule has 1 aromatic carbocycles. The van der Waals surface area contributed by atoms with E-state index in [0.717, 1.165) is 38.6 Å². The van der Waals surface area contributed by atoms with Crippen molar-refractivity contribution >= 4 is 17.3 Å². The normalized spacial score (nSPS) is 15.1. The summed E-state index contributed by atoms with van der Waals surface area (Å²) < 4.78 is 0. The molecule has 4 nitrogen and oxygen atoms in total. The van der Waals surface area contributed by atoms with Gasteiger partial charge in [-0.3, -0.25) is 9.89 Å². The molecule has 0 fully saturated rings. The molecule has 0 amide bonds. The molecule has 0 atom stereocenters. The highest BCUT2D eigenvalue weighted by atomic mass is 32.1. The third kappa shape index (κ3) is 4.82. The van der Waals surface area contributed by atoms with Gasteiger partial charge in [-0.25, -0.2) is 0 Å². The first kappa shape index (κ1) is 17.0. The highest BCUT2D eigenvalue weighted by molar-refractivity contribution is 7.09. The van der Waals surface area contributed by atoms with Crippen molar-refractivity contribution in [2.24, 2.45) is 4.99 Å². The van der Waals surface area contributed by atoms with Crippen LogP contribution in [0.25, 0.3) is 0 Å². The Kier molecular flexibility index (Phi) is 6.26. The van der Waals surface area contributed by atoms with E-state index in [0.29, 0.717) is 0 Å². The van der Waals surface area contributed by atoms with Gasteiger partial charge in [0, 0.05) is 38.1 Å². The number of nitrogens with zero attached hydrogens (tertiary/aromatic N) is 2. The van der Waals surface area contributed by atoms with Gasteiger partial charge in [0.25, 0.3) is 0 Å². The van der Waals surface area contributed by atoms with E-state index in [4.69, 9.17) is 0 Å². The molecule has 3 rings (SSSR count). The van der Waals surface area contributed by atoms with Crippen molar-refractivity contribution in [3.63, 3.8) is 0 Å². The van der Waals surface area contributed by atoms with Crippen LogP contribution < -0.4 is 10.6 Å². The maximum atomic E-state index is 4.29. The van der Waals surface area contributed by atoms with Crippen LogP contribution >= 0.6 is 11.3 Å². The topological polar surface area (TPSA) is 39.7 Å². The summed E-state index contributed by atoms with van der Waals surface area (Å²) in [6.07, 6.45) is 2.30. The Hall–Kier alpha value is -1.85. The first-order valence-corrected chi connectivity index (χ1v) is 9.49. The van der Waals surface area contributed by atoms with E-state index in [1.165, 1.54) is 29.0 Å². The Bertz CT molecular complexity index is 651. The third-order valence-corrected chi connectivity index (χ3v) is 5.26. The molecular formula is C19H26N4S. The summed E-state index contributed by atoms with van der Waals surface area (Å²) >= 11 is 1.77. The first-order valence-electron chi connectivity index (χ1n) is 8.61. The maximum absolute atomic E-state index is 4.29. The standard InChI is InChI=1S/C19H26N4S/c1-20-19(22-14-18-8-4-13-24-18)21-10-5-11-23-12-9-16-6-2-3-7-17(16)15-23/h2-4,6-8,13H,5,9-12,14-15H2,1H3,(H2,20,21,22). The van der Waals surface area contributed by atoms with Crippen LogP contribution in [0.1, 0.15) is 22.4 Å². The molecule has 0 saturated heterocycles. The summed E-state index contributed by atoms with van der Waals surface area (Å²) in [4.78, 5) is 8.16. The van der Waals surface area contributed by atoms with Crippen LogP contribution in [0.3, 0.4) is 0 Å². The van der Waals surface area contributed by atoms with E-state index in [1.54, 1.807) is 11.3 Å².